The number of rotatable bonds is 8. The molecule has 3 heterocycles. The SMILES string of the molecule is CCNC(=O)CCCOc1cccc(-c2cc(-c3cc4c([nH]3)CCNC4=O)ccn2)c1. The van der Waals surface area contributed by atoms with E-state index in [1.165, 1.54) is 0 Å². The minimum absolute atomic E-state index is 0.0324. The van der Waals surface area contributed by atoms with Crippen molar-refractivity contribution in [3.63, 3.8) is 0 Å². The lowest BCUT2D eigenvalue weighted by atomic mass is 10.1. The highest BCUT2D eigenvalue weighted by atomic mass is 16.5. The van der Waals surface area contributed by atoms with Crippen molar-refractivity contribution >= 4 is 11.8 Å². The summed E-state index contributed by atoms with van der Waals surface area (Å²) in [5.41, 5.74) is 5.33. The number of carbonyl (C=O) groups excluding carboxylic acids is 2. The molecule has 3 aromatic rings. The number of hydrogen-bond acceptors (Lipinski definition) is 4. The molecule has 0 aliphatic carbocycles. The summed E-state index contributed by atoms with van der Waals surface area (Å²) in [5.74, 6) is 0.756. The van der Waals surface area contributed by atoms with E-state index in [1.54, 1.807) is 6.20 Å². The number of aromatic nitrogens is 2. The number of nitrogens with zero attached hydrogens (tertiary/aromatic N) is 1. The third kappa shape index (κ3) is 4.94. The first kappa shape index (κ1) is 20.7. The highest BCUT2D eigenvalue weighted by molar-refractivity contribution is 5.97. The molecule has 1 aromatic carbocycles. The Balaban J connectivity index is 1.46. The average molecular weight is 418 g/mol. The minimum atomic E-state index is -0.0324. The standard InChI is InChI=1S/C24H26N4O3/c1-2-25-23(29)7-4-12-31-18-6-3-5-16(13-18)21-14-17(8-10-26-21)22-15-19-20(28-22)9-11-27-24(19)30/h3,5-6,8,10,13-15,28H,2,4,7,9,11-12H2,1H3,(H,25,29)(H,27,30). The fourth-order valence-electron chi connectivity index (χ4n) is 3.66. The Kier molecular flexibility index (Phi) is 6.31. The molecule has 0 atom stereocenters. The third-order valence-corrected chi connectivity index (χ3v) is 5.20. The number of benzene rings is 1. The van der Waals surface area contributed by atoms with Gasteiger partial charge in [0.2, 0.25) is 5.91 Å². The Hall–Kier alpha value is -3.61. The molecule has 7 nitrogen and oxygen atoms in total. The van der Waals surface area contributed by atoms with Gasteiger partial charge in [0.05, 0.1) is 17.9 Å². The molecule has 7 heteroatoms. The predicted molar refractivity (Wildman–Crippen MR) is 119 cm³/mol. The molecule has 2 aromatic heterocycles. The number of carbonyl (C=O) groups is 2. The Labute approximate surface area is 181 Å². The number of aromatic amines is 1. The van der Waals surface area contributed by atoms with Gasteiger partial charge in [-0.3, -0.25) is 14.6 Å². The average Bonchev–Trinajstić information content (AvgIpc) is 3.23. The zero-order chi connectivity index (χ0) is 21.6. The Morgan fingerprint density at radius 1 is 1.19 bits per heavy atom. The molecule has 0 fully saturated rings. The Bertz CT molecular complexity index is 1090. The summed E-state index contributed by atoms with van der Waals surface area (Å²) in [6, 6.07) is 13.6. The van der Waals surface area contributed by atoms with E-state index < -0.39 is 0 Å². The van der Waals surface area contributed by atoms with Crippen LogP contribution in [0.2, 0.25) is 0 Å². The molecule has 4 rings (SSSR count). The smallest absolute Gasteiger partial charge is 0.253 e. The molecule has 0 bridgehead atoms. The topological polar surface area (TPSA) is 96.1 Å². The number of pyridine rings is 1. The van der Waals surface area contributed by atoms with Crippen LogP contribution in [0.4, 0.5) is 0 Å². The van der Waals surface area contributed by atoms with Crippen LogP contribution in [0, 0.1) is 0 Å². The van der Waals surface area contributed by atoms with Crippen molar-refractivity contribution < 1.29 is 14.3 Å². The first-order valence-corrected chi connectivity index (χ1v) is 10.6. The van der Waals surface area contributed by atoms with Crippen LogP contribution < -0.4 is 15.4 Å². The van der Waals surface area contributed by atoms with Crippen LogP contribution >= 0.6 is 0 Å². The molecule has 3 N–H and O–H groups in total. The summed E-state index contributed by atoms with van der Waals surface area (Å²) in [6.07, 6.45) is 3.69. The van der Waals surface area contributed by atoms with Crippen molar-refractivity contribution in [1.82, 2.24) is 20.6 Å². The maximum absolute atomic E-state index is 12.1. The molecule has 1 aliphatic rings. The summed E-state index contributed by atoms with van der Waals surface area (Å²) < 4.78 is 5.82. The van der Waals surface area contributed by atoms with Crippen molar-refractivity contribution in [3.05, 3.63) is 59.9 Å². The molecule has 2 amide bonds. The van der Waals surface area contributed by atoms with Crippen LogP contribution in [0.15, 0.2) is 48.7 Å². The lowest BCUT2D eigenvalue weighted by Gasteiger charge is -2.11. The summed E-state index contributed by atoms with van der Waals surface area (Å²) in [5, 5.41) is 5.66. The van der Waals surface area contributed by atoms with Gasteiger partial charge in [-0.15, -0.1) is 0 Å². The van der Waals surface area contributed by atoms with E-state index in [1.807, 2.05) is 49.4 Å². The van der Waals surface area contributed by atoms with Gasteiger partial charge in [0.1, 0.15) is 5.75 Å². The maximum atomic E-state index is 12.1. The van der Waals surface area contributed by atoms with Gasteiger partial charge in [-0.25, -0.2) is 0 Å². The van der Waals surface area contributed by atoms with Crippen LogP contribution in [0.1, 0.15) is 35.8 Å². The van der Waals surface area contributed by atoms with Gasteiger partial charge in [0.15, 0.2) is 0 Å². The van der Waals surface area contributed by atoms with E-state index in [4.69, 9.17) is 4.74 Å². The molecule has 31 heavy (non-hydrogen) atoms. The molecule has 0 spiro atoms. The number of H-pyrrole nitrogens is 1. The maximum Gasteiger partial charge on any atom is 0.253 e. The molecule has 0 saturated carbocycles. The van der Waals surface area contributed by atoms with E-state index in [-0.39, 0.29) is 11.8 Å². The van der Waals surface area contributed by atoms with Gasteiger partial charge in [0, 0.05) is 54.6 Å². The van der Waals surface area contributed by atoms with Gasteiger partial charge in [0.25, 0.3) is 5.91 Å². The van der Waals surface area contributed by atoms with Crippen molar-refractivity contribution in [1.29, 1.82) is 0 Å². The second-order valence-electron chi connectivity index (χ2n) is 7.44. The van der Waals surface area contributed by atoms with Gasteiger partial charge in [-0.05, 0) is 43.7 Å². The number of nitrogens with one attached hydrogen (secondary N) is 3. The fourth-order valence-corrected chi connectivity index (χ4v) is 3.66. The highest BCUT2D eigenvalue weighted by Gasteiger charge is 2.20. The Morgan fingerprint density at radius 2 is 2.10 bits per heavy atom. The quantitative estimate of drug-likeness (QED) is 0.489. The van der Waals surface area contributed by atoms with E-state index in [9.17, 15) is 9.59 Å². The summed E-state index contributed by atoms with van der Waals surface area (Å²) >= 11 is 0. The first-order valence-electron chi connectivity index (χ1n) is 10.6. The zero-order valence-corrected chi connectivity index (χ0v) is 17.5. The molecule has 0 unspecified atom stereocenters. The molecule has 0 radical (unpaired) electrons. The minimum Gasteiger partial charge on any atom is -0.494 e. The van der Waals surface area contributed by atoms with Crippen molar-refractivity contribution in [2.24, 2.45) is 0 Å². The van der Waals surface area contributed by atoms with E-state index in [0.29, 0.717) is 38.1 Å². The largest absolute Gasteiger partial charge is 0.494 e. The van der Waals surface area contributed by atoms with Gasteiger partial charge in [-0.1, -0.05) is 12.1 Å². The van der Waals surface area contributed by atoms with Crippen LogP contribution in [0.3, 0.4) is 0 Å². The second-order valence-corrected chi connectivity index (χ2v) is 7.44. The third-order valence-electron chi connectivity index (χ3n) is 5.20. The number of hydrogen-bond donors (Lipinski definition) is 3. The van der Waals surface area contributed by atoms with Gasteiger partial charge >= 0.3 is 0 Å². The van der Waals surface area contributed by atoms with Crippen LogP contribution in [0.5, 0.6) is 5.75 Å². The number of amides is 2. The van der Waals surface area contributed by atoms with E-state index >= 15 is 0 Å². The van der Waals surface area contributed by atoms with E-state index in [0.717, 1.165) is 40.4 Å². The number of fused-ring (bicyclic) bond motifs is 1. The van der Waals surface area contributed by atoms with Gasteiger partial charge in [-0.2, -0.15) is 0 Å². The molecule has 160 valence electrons. The molecular formula is C24H26N4O3. The molecule has 0 saturated heterocycles. The normalized spacial score (nSPS) is 12.7. The lowest BCUT2D eigenvalue weighted by molar-refractivity contribution is -0.121. The monoisotopic (exact) mass is 418 g/mol. The van der Waals surface area contributed by atoms with Crippen LogP contribution in [0.25, 0.3) is 22.5 Å². The Morgan fingerprint density at radius 3 is 2.94 bits per heavy atom. The molecule has 1 aliphatic heterocycles. The van der Waals surface area contributed by atoms with Crippen LogP contribution in [-0.2, 0) is 11.2 Å². The lowest BCUT2D eigenvalue weighted by Crippen LogP contribution is -2.31. The van der Waals surface area contributed by atoms with Crippen molar-refractivity contribution in [2.45, 2.75) is 26.2 Å². The highest BCUT2D eigenvalue weighted by Crippen LogP contribution is 2.28. The summed E-state index contributed by atoms with van der Waals surface area (Å²) in [7, 11) is 0. The first-order chi connectivity index (χ1) is 15.1. The fraction of sp³-hybridized carbons (Fsp3) is 0.292. The van der Waals surface area contributed by atoms with Crippen molar-refractivity contribution in [3.8, 4) is 28.3 Å². The molecular weight excluding hydrogens is 392 g/mol. The number of ether oxygens (including phenoxy) is 1. The van der Waals surface area contributed by atoms with Gasteiger partial charge < -0.3 is 20.4 Å². The summed E-state index contributed by atoms with van der Waals surface area (Å²) in [4.78, 5) is 31.5. The predicted octanol–water partition coefficient (Wildman–Crippen LogP) is 3.32. The van der Waals surface area contributed by atoms with E-state index in [2.05, 4.69) is 20.6 Å². The van der Waals surface area contributed by atoms with Crippen LogP contribution in [-0.4, -0.2) is 41.5 Å². The summed E-state index contributed by atoms with van der Waals surface area (Å²) in [6.45, 7) is 3.68. The van der Waals surface area contributed by atoms with Crippen molar-refractivity contribution in [2.75, 3.05) is 19.7 Å². The zero-order valence-electron chi connectivity index (χ0n) is 17.5. The second kappa shape index (κ2) is 9.47.